The average Bonchev–Trinajstić information content (AvgIpc) is 2.39. The van der Waals surface area contributed by atoms with Crippen LogP contribution < -0.4 is 5.73 Å². The van der Waals surface area contributed by atoms with E-state index in [1.807, 2.05) is 24.3 Å². The number of ether oxygens (including phenoxy) is 1. The summed E-state index contributed by atoms with van der Waals surface area (Å²) in [5, 5.41) is 0.751. The minimum atomic E-state index is -0.00665. The third kappa shape index (κ3) is 3.47. The van der Waals surface area contributed by atoms with Gasteiger partial charge in [-0.25, -0.2) is 0 Å². The Kier molecular flexibility index (Phi) is 5.04. The van der Waals surface area contributed by atoms with Crippen LogP contribution in [0.25, 0.3) is 0 Å². The van der Waals surface area contributed by atoms with E-state index in [-0.39, 0.29) is 6.10 Å². The summed E-state index contributed by atoms with van der Waals surface area (Å²) in [6, 6.07) is 7.81. The lowest BCUT2D eigenvalue weighted by Gasteiger charge is -2.32. The Hall–Kier alpha value is -0.570. The van der Waals surface area contributed by atoms with Gasteiger partial charge in [0.05, 0.1) is 12.2 Å². The smallest absolute Gasteiger partial charge is 0.0950 e. The third-order valence-electron chi connectivity index (χ3n) is 3.83. The Morgan fingerprint density at radius 2 is 1.94 bits per heavy atom. The number of rotatable bonds is 4. The Labute approximate surface area is 114 Å². The fourth-order valence-electron chi connectivity index (χ4n) is 2.64. The van der Waals surface area contributed by atoms with Crippen molar-refractivity contribution in [3.8, 4) is 0 Å². The second kappa shape index (κ2) is 6.55. The van der Waals surface area contributed by atoms with Gasteiger partial charge in [0.25, 0.3) is 0 Å². The van der Waals surface area contributed by atoms with Crippen LogP contribution in [0.2, 0.25) is 5.02 Å². The van der Waals surface area contributed by atoms with Crippen molar-refractivity contribution in [3.05, 3.63) is 34.9 Å². The maximum atomic E-state index is 6.21. The Morgan fingerprint density at radius 3 is 2.56 bits per heavy atom. The van der Waals surface area contributed by atoms with Crippen molar-refractivity contribution in [3.63, 3.8) is 0 Å². The molecular formula is C15H22ClNO. The highest BCUT2D eigenvalue weighted by Gasteiger charge is 2.25. The number of halogens is 1. The lowest BCUT2D eigenvalue weighted by Crippen LogP contribution is -2.30. The molecule has 0 aliphatic heterocycles. The van der Waals surface area contributed by atoms with Crippen molar-refractivity contribution < 1.29 is 4.74 Å². The minimum absolute atomic E-state index is 0.00665. The van der Waals surface area contributed by atoms with Crippen molar-refractivity contribution in [1.29, 1.82) is 0 Å². The first-order chi connectivity index (χ1) is 8.70. The van der Waals surface area contributed by atoms with Gasteiger partial charge in [0.15, 0.2) is 0 Å². The van der Waals surface area contributed by atoms with E-state index in [1.54, 1.807) is 0 Å². The maximum absolute atomic E-state index is 6.21. The molecule has 0 radical (unpaired) electrons. The highest BCUT2D eigenvalue weighted by atomic mass is 35.5. The lowest BCUT2D eigenvalue weighted by atomic mass is 9.87. The normalized spacial score (nSPS) is 25.9. The molecular weight excluding hydrogens is 246 g/mol. The molecule has 1 aromatic carbocycles. The van der Waals surface area contributed by atoms with Gasteiger partial charge in [-0.05, 0) is 36.5 Å². The molecule has 0 amide bonds. The van der Waals surface area contributed by atoms with Gasteiger partial charge in [0.1, 0.15) is 0 Å². The monoisotopic (exact) mass is 267 g/mol. The summed E-state index contributed by atoms with van der Waals surface area (Å²) in [4.78, 5) is 0. The maximum Gasteiger partial charge on any atom is 0.0950 e. The molecule has 1 aromatic rings. The van der Waals surface area contributed by atoms with Gasteiger partial charge in [0.2, 0.25) is 0 Å². The summed E-state index contributed by atoms with van der Waals surface area (Å²) in [5.41, 5.74) is 6.97. The molecule has 3 atom stereocenters. The minimum Gasteiger partial charge on any atom is -0.369 e. The highest BCUT2D eigenvalue weighted by Crippen LogP contribution is 2.30. The molecule has 2 nitrogen and oxygen atoms in total. The van der Waals surface area contributed by atoms with Crippen LogP contribution in [-0.2, 0) is 4.74 Å². The molecule has 1 fully saturated rings. The van der Waals surface area contributed by atoms with Gasteiger partial charge in [-0.1, -0.05) is 43.5 Å². The van der Waals surface area contributed by atoms with Crippen molar-refractivity contribution in [2.24, 2.45) is 11.7 Å². The average molecular weight is 268 g/mol. The highest BCUT2D eigenvalue weighted by molar-refractivity contribution is 6.30. The van der Waals surface area contributed by atoms with Crippen LogP contribution in [0.5, 0.6) is 0 Å². The number of hydrogen-bond acceptors (Lipinski definition) is 2. The van der Waals surface area contributed by atoms with Gasteiger partial charge < -0.3 is 10.5 Å². The molecule has 0 heterocycles. The van der Waals surface area contributed by atoms with Crippen LogP contribution in [0.15, 0.2) is 24.3 Å². The summed E-state index contributed by atoms with van der Waals surface area (Å²) in [6.07, 6.45) is 5.37. The molecule has 2 N–H and O–H groups in total. The second-order valence-corrected chi connectivity index (χ2v) is 5.65. The van der Waals surface area contributed by atoms with Crippen LogP contribution in [0.3, 0.4) is 0 Å². The zero-order valence-electron chi connectivity index (χ0n) is 10.9. The number of benzene rings is 1. The zero-order valence-corrected chi connectivity index (χ0v) is 11.7. The Bertz CT molecular complexity index is 365. The van der Waals surface area contributed by atoms with E-state index >= 15 is 0 Å². The molecule has 3 heteroatoms. The van der Waals surface area contributed by atoms with E-state index in [0.717, 1.165) is 17.0 Å². The molecule has 100 valence electrons. The van der Waals surface area contributed by atoms with Gasteiger partial charge in [-0.15, -0.1) is 0 Å². The van der Waals surface area contributed by atoms with Gasteiger partial charge in [0, 0.05) is 11.6 Å². The quantitative estimate of drug-likeness (QED) is 0.897. The number of hydrogen-bond donors (Lipinski definition) is 1. The molecule has 0 spiro atoms. The third-order valence-corrected chi connectivity index (χ3v) is 4.08. The van der Waals surface area contributed by atoms with Crippen LogP contribution in [0, 0.1) is 5.92 Å². The molecule has 18 heavy (non-hydrogen) atoms. The standard InChI is InChI=1S/C15H22ClNO/c1-11-4-2-3-5-14(11)18-15(10-17)12-6-8-13(16)9-7-12/h6-9,11,14-15H,2-5,10,17H2,1H3. The topological polar surface area (TPSA) is 35.2 Å². The largest absolute Gasteiger partial charge is 0.369 e. The molecule has 1 aliphatic carbocycles. The van der Waals surface area contributed by atoms with E-state index in [9.17, 15) is 0 Å². The molecule has 1 saturated carbocycles. The van der Waals surface area contributed by atoms with Gasteiger partial charge in [-0.2, -0.15) is 0 Å². The lowest BCUT2D eigenvalue weighted by molar-refractivity contribution is -0.0533. The zero-order chi connectivity index (χ0) is 13.0. The predicted octanol–water partition coefficient (Wildman–Crippen LogP) is 3.94. The summed E-state index contributed by atoms with van der Waals surface area (Å²) in [6.45, 7) is 2.80. The van der Waals surface area contributed by atoms with Crippen molar-refractivity contribution in [1.82, 2.24) is 0 Å². The van der Waals surface area contributed by atoms with E-state index in [2.05, 4.69) is 6.92 Å². The molecule has 1 aliphatic rings. The number of nitrogens with two attached hydrogens (primary N) is 1. The van der Waals surface area contributed by atoms with E-state index in [4.69, 9.17) is 22.1 Å². The SMILES string of the molecule is CC1CCCCC1OC(CN)c1ccc(Cl)cc1. The van der Waals surface area contributed by atoms with E-state index in [0.29, 0.717) is 18.6 Å². The van der Waals surface area contributed by atoms with Crippen LogP contribution >= 0.6 is 11.6 Å². The van der Waals surface area contributed by atoms with E-state index in [1.165, 1.54) is 19.3 Å². The fourth-order valence-corrected chi connectivity index (χ4v) is 2.77. The van der Waals surface area contributed by atoms with Crippen LogP contribution in [0.4, 0.5) is 0 Å². The first-order valence-electron chi connectivity index (χ1n) is 6.81. The first-order valence-corrected chi connectivity index (χ1v) is 7.19. The van der Waals surface area contributed by atoms with Gasteiger partial charge in [-0.3, -0.25) is 0 Å². The second-order valence-electron chi connectivity index (χ2n) is 5.21. The van der Waals surface area contributed by atoms with Crippen molar-refractivity contribution in [2.45, 2.75) is 44.8 Å². The molecule has 3 unspecified atom stereocenters. The molecule has 0 aromatic heterocycles. The predicted molar refractivity (Wildman–Crippen MR) is 75.8 cm³/mol. The Balaban J connectivity index is 2.02. The fraction of sp³-hybridized carbons (Fsp3) is 0.600. The first kappa shape index (κ1) is 13.9. The summed E-state index contributed by atoms with van der Waals surface area (Å²) in [7, 11) is 0. The van der Waals surface area contributed by atoms with E-state index < -0.39 is 0 Å². The molecule has 0 bridgehead atoms. The van der Waals surface area contributed by atoms with Crippen LogP contribution in [-0.4, -0.2) is 12.6 Å². The van der Waals surface area contributed by atoms with Crippen LogP contribution in [0.1, 0.15) is 44.3 Å². The Morgan fingerprint density at radius 1 is 1.28 bits per heavy atom. The molecule has 0 saturated heterocycles. The van der Waals surface area contributed by atoms with Gasteiger partial charge >= 0.3 is 0 Å². The van der Waals surface area contributed by atoms with Crippen molar-refractivity contribution >= 4 is 11.6 Å². The molecule has 2 rings (SSSR count). The summed E-state index contributed by atoms with van der Waals surface area (Å²) < 4.78 is 6.21. The van der Waals surface area contributed by atoms with Crippen molar-refractivity contribution in [2.75, 3.05) is 6.54 Å². The summed E-state index contributed by atoms with van der Waals surface area (Å²) >= 11 is 5.90. The summed E-state index contributed by atoms with van der Waals surface area (Å²) in [5.74, 6) is 0.639.